The number of alkyl halides is 3. The average Bonchev–Trinajstić information content (AvgIpc) is 2.59. The fourth-order valence-corrected chi connectivity index (χ4v) is 1.59. The molecule has 1 aliphatic heterocycles. The maximum Gasteiger partial charge on any atom is 0.416 e. The van der Waals surface area contributed by atoms with Gasteiger partial charge in [0.05, 0.1) is 5.56 Å². The van der Waals surface area contributed by atoms with Crippen molar-refractivity contribution in [1.82, 2.24) is 0 Å². The van der Waals surface area contributed by atoms with Crippen LogP contribution in [0.25, 0.3) is 0 Å². The van der Waals surface area contributed by atoms with Crippen LogP contribution in [-0.2, 0) is 10.9 Å². The Bertz CT molecular complexity index is 459. The van der Waals surface area contributed by atoms with Crippen LogP contribution in [0.1, 0.15) is 17.2 Å². The Kier molecular flexibility index (Phi) is 2.60. The van der Waals surface area contributed by atoms with Crippen LogP contribution < -0.4 is 10.5 Å². The molecule has 0 fully saturated rings. The number of hydrogen-bond donors (Lipinski definition) is 1. The Morgan fingerprint density at radius 1 is 1.47 bits per heavy atom. The molecule has 1 aliphatic rings. The van der Waals surface area contributed by atoms with Gasteiger partial charge < -0.3 is 15.2 Å². The van der Waals surface area contributed by atoms with Crippen LogP contribution in [0, 0.1) is 0 Å². The van der Waals surface area contributed by atoms with Crippen molar-refractivity contribution in [2.24, 2.45) is 5.73 Å². The predicted molar refractivity (Wildman–Crippen MR) is 50.3 cm³/mol. The summed E-state index contributed by atoms with van der Waals surface area (Å²) in [5.41, 5.74) is 4.41. The molecule has 17 heavy (non-hydrogen) atoms. The van der Waals surface area contributed by atoms with E-state index in [0.717, 1.165) is 12.1 Å². The Balaban J connectivity index is 2.29. The summed E-state index contributed by atoms with van der Waals surface area (Å²) < 4.78 is 46.9. The van der Waals surface area contributed by atoms with Crippen LogP contribution in [0.15, 0.2) is 18.2 Å². The van der Waals surface area contributed by atoms with E-state index in [1.54, 1.807) is 0 Å². The Labute approximate surface area is 94.1 Å². The molecule has 1 heterocycles. The van der Waals surface area contributed by atoms with Crippen LogP contribution in [0.2, 0.25) is 0 Å². The van der Waals surface area contributed by atoms with Gasteiger partial charge in [-0.3, -0.25) is 0 Å². The number of rotatable bonds is 1. The molecule has 0 spiro atoms. The van der Waals surface area contributed by atoms with Gasteiger partial charge in [0, 0.05) is 5.56 Å². The normalized spacial score (nSPS) is 18.4. The monoisotopic (exact) mass is 247 g/mol. The molecule has 0 saturated heterocycles. The van der Waals surface area contributed by atoms with Gasteiger partial charge in [-0.25, -0.2) is 4.79 Å². The second kappa shape index (κ2) is 3.83. The highest BCUT2D eigenvalue weighted by atomic mass is 19.4. The summed E-state index contributed by atoms with van der Waals surface area (Å²) in [5, 5.41) is 0. The number of hydrogen-bond acceptors (Lipinski definition) is 3. The summed E-state index contributed by atoms with van der Waals surface area (Å²) >= 11 is 0. The Morgan fingerprint density at radius 3 is 2.76 bits per heavy atom. The van der Waals surface area contributed by atoms with E-state index in [-0.39, 0.29) is 12.4 Å². The molecule has 0 radical (unpaired) electrons. The van der Waals surface area contributed by atoms with Crippen molar-refractivity contribution in [3.63, 3.8) is 0 Å². The zero-order valence-corrected chi connectivity index (χ0v) is 8.45. The minimum atomic E-state index is -4.43. The number of nitrogens with two attached hydrogens (primary N) is 1. The molecular weight excluding hydrogens is 239 g/mol. The highest BCUT2D eigenvalue weighted by molar-refractivity contribution is 5.65. The number of primary amides is 1. The number of carbonyl (C=O) groups excluding carboxylic acids is 1. The minimum Gasteiger partial charge on any atom is -0.489 e. The standard InChI is InChI=1S/C10H8F3NO3/c11-10(12,13)5-1-2-6-7(3-5)16-4-8(6)17-9(14)15/h1-3,8H,4H2,(H2,14,15). The quantitative estimate of drug-likeness (QED) is 0.827. The number of halogens is 3. The number of fused-ring (bicyclic) bond motifs is 1. The third-order valence-electron chi connectivity index (χ3n) is 2.34. The summed E-state index contributed by atoms with van der Waals surface area (Å²) in [6.45, 7) is -0.0282. The maximum absolute atomic E-state index is 12.4. The molecule has 4 nitrogen and oxygen atoms in total. The first kappa shape index (κ1) is 11.6. The van der Waals surface area contributed by atoms with E-state index in [9.17, 15) is 18.0 Å². The van der Waals surface area contributed by atoms with E-state index in [1.165, 1.54) is 6.07 Å². The summed E-state index contributed by atoms with van der Waals surface area (Å²) in [6, 6.07) is 3.00. The third-order valence-corrected chi connectivity index (χ3v) is 2.34. The molecule has 1 atom stereocenters. The molecule has 1 aromatic rings. The first-order chi connectivity index (χ1) is 7.88. The highest BCUT2D eigenvalue weighted by Gasteiger charge is 2.34. The summed E-state index contributed by atoms with van der Waals surface area (Å²) in [6.07, 6.45) is -6.17. The topological polar surface area (TPSA) is 61.6 Å². The van der Waals surface area contributed by atoms with Gasteiger partial charge >= 0.3 is 12.3 Å². The number of benzene rings is 1. The predicted octanol–water partition coefficient (Wildman–Crippen LogP) is 2.23. The molecule has 0 aromatic heterocycles. The fourth-order valence-electron chi connectivity index (χ4n) is 1.59. The number of carbonyl (C=O) groups is 1. The Hall–Kier alpha value is -1.92. The van der Waals surface area contributed by atoms with Gasteiger partial charge in [-0.1, -0.05) is 6.07 Å². The second-order valence-corrected chi connectivity index (χ2v) is 3.49. The SMILES string of the molecule is NC(=O)OC1COc2cc(C(F)(F)F)ccc21. The molecule has 7 heteroatoms. The van der Waals surface area contributed by atoms with Gasteiger partial charge in [-0.15, -0.1) is 0 Å². The van der Waals surface area contributed by atoms with Gasteiger partial charge in [0.2, 0.25) is 0 Å². The van der Waals surface area contributed by atoms with Crippen molar-refractivity contribution in [3.05, 3.63) is 29.3 Å². The van der Waals surface area contributed by atoms with Crippen molar-refractivity contribution >= 4 is 6.09 Å². The smallest absolute Gasteiger partial charge is 0.416 e. The first-order valence-electron chi connectivity index (χ1n) is 4.68. The summed E-state index contributed by atoms with van der Waals surface area (Å²) in [5.74, 6) is 0.0612. The summed E-state index contributed by atoms with van der Waals surface area (Å²) in [4.78, 5) is 10.6. The van der Waals surface area contributed by atoms with Crippen molar-refractivity contribution in [1.29, 1.82) is 0 Å². The molecule has 92 valence electrons. The second-order valence-electron chi connectivity index (χ2n) is 3.49. The van der Waals surface area contributed by atoms with Gasteiger partial charge in [-0.2, -0.15) is 13.2 Å². The molecule has 2 N–H and O–H groups in total. The molecular formula is C10H8F3NO3. The van der Waals surface area contributed by atoms with Gasteiger partial charge in [0.25, 0.3) is 0 Å². The van der Waals surface area contributed by atoms with Crippen molar-refractivity contribution < 1.29 is 27.4 Å². The zero-order valence-electron chi connectivity index (χ0n) is 8.45. The van der Waals surface area contributed by atoms with Gasteiger partial charge in [0.1, 0.15) is 12.4 Å². The molecule has 0 saturated carbocycles. The van der Waals surface area contributed by atoms with E-state index in [1.807, 2.05) is 0 Å². The van der Waals surface area contributed by atoms with Crippen molar-refractivity contribution in [2.75, 3.05) is 6.61 Å². The molecule has 1 unspecified atom stereocenters. The van der Waals surface area contributed by atoms with E-state index >= 15 is 0 Å². The fraction of sp³-hybridized carbons (Fsp3) is 0.300. The minimum absolute atomic E-state index is 0.0282. The van der Waals surface area contributed by atoms with E-state index in [2.05, 4.69) is 0 Å². The lowest BCUT2D eigenvalue weighted by molar-refractivity contribution is -0.137. The molecule has 1 aromatic carbocycles. The number of amides is 1. The average molecular weight is 247 g/mol. The van der Waals surface area contributed by atoms with Gasteiger partial charge in [-0.05, 0) is 12.1 Å². The molecule has 1 amide bonds. The molecule has 0 bridgehead atoms. The van der Waals surface area contributed by atoms with Crippen molar-refractivity contribution in [3.8, 4) is 5.75 Å². The summed E-state index contributed by atoms with van der Waals surface area (Å²) in [7, 11) is 0. The van der Waals surface area contributed by atoms with Crippen LogP contribution in [-0.4, -0.2) is 12.7 Å². The van der Waals surface area contributed by atoms with Crippen LogP contribution in [0.4, 0.5) is 18.0 Å². The zero-order chi connectivity index (χ0) is 12.6. The third kappa shape index (κ3) is 2.27. The van der Waals surface area contributed by atoms with Crippen LogP contribution in [0.3, 0.4) is 0 Å². The first-order valence-corrected chi connectivity index (χ1v) is 4.68. The largest absolute Gasteiger partial charge is 0.489 e. The van der Waals surface area contributed by atoms with Crippen LogP contribution in [0.5, 0.6) is 5.75 Å². The Morgan fingerprint density at radius 2 is 2.18 bits per heavy atom. The highest BCUT2D eigenvalue weighted by Crippen LogP contribution is 2.39. The van der Waals surface area contributed by atoms with E-state index in [4.69, 9.17) is 15.2 Å². The lowest BCUT2D eigenvalue weighted by atomic mass is 10.1. The molecule has 2 rings (SSSR count). The van der Waals surface area contributed by atoms with Gasteiger partial charge in [0.15, 0.2) is 6.10 Å². The van der Waals surface area contributed by atoms with E-state index < -0.39 is 23.9 Å². The van der Waals surface area contributed by atoms with E-state index in [0.29, 0.717) is 5.56 Å². The lowest BCUT2D eigenvalue weighted by Gasteiger charge is -2.10. The lowest BCUT2D eigenvalue weighted by Crippen LogP contribution is -2.18. The van der Waals surface area contributed by atoms with Crippen LogP contribution >= 0.6 is 0 Å². The number of ether oxygens (including phenoxy) is 2. The maximum atomic E-state index is 12.4. The molecule has 0 aliphatic carbocycles. The van der Waals surface area contributed by atoms with Crippen molar-refractivity contribution in [2.45, 2.75) is 12.3 Å².